The first-order valence-corrected chi connectivity index (χ1v) is 10.3. The van der Waals surface area contributed by atoms with Crippen LogP contribution in [0.2, 0.25) is 0 Å². The number of hydrogen-bond donors (Lipinski definition) is 1. The van der Waals surface area contributed by atoms with E-state index < -0.39 is 0 Å². The molecule has 1 rings (SSSR count). The molecule has 0 aliphatic rings. The molecule has 1 radical (unpaired) electrons. The molecule has 0 aliphatic carbocycles. The highest BCUT2D eigenvalue weighted by atomic mass is 16.5. The van der Waals surface area contributed by atoms with E-state index in [4.69, 9.17) is 4.74 Å². The minimum absolute atomic E-state index is 0.0833. The van der Waals surface area contributed by atoms with Gasteiger partial charge in [0, 0.05) is 5.56 Å². The Kier molecular flexibility index (Phi) is 10.7. The Hall–Kier alpha value is -1.18. The summed E-state index contributed by atoms with van der Waals surface area (Å²) in [7, 11) is 0. The number of hydrogen-bond acceptors (Lipinski definition) is 2. The minimum Gasteiger partial charge on any atom is -0.508 e. The summed E-state index contributed by atoms with van der Waals surface area (Å²) in [6.07, 6.45) is 14.6. The zero-order valence-electron chi connectivity index (χ0n) is 16.9. The van der Waals surface area contributed by atoms with Crippen LogP contribution in [0.5, 0.6) is 11.5 Å². The van der Waals surface area contributed by atoms with Gasteiger partial charge in [-0.3, -0.25) is 0 Å². The normalized spacial score (nSPS) is 11.7. The van der Waals surface area contributed by atoms with Gasteiger partial charge in [-0.05, 0) is 36.5 Å². The van der Waals surface area contributed by atoms with Crippen LogP contribution in [-0.2, 0) is 5.41 Å². The molecule has 2 nitrogen and oxygen atoms in total. The second kappa shape index (κ2) is 12.2. The SMILES string of the molecule is CCCCCCCCCCCC[CH]Oc1ccc(O)c(C(C)(C)C)c1. The molecular formula is C23H39O2. The van der Waals surface area contributed by atoms with Crippen molar-refractivity contribution in [1.29, 1.82) is 0 Å². The fourth-order valence-electron chi connectivity index (χ4n) is 3.06. The van der Waals surface area contributed by atoms with Gasteiger partial charge in [-0.1, -0.05) is 85.5 Å². The number of benzene rings is 1. The Labute approximate surface area is 156 Å². The molecule has 1 aromatic carbocycles. The lowest BCUT2D eigenvalue weighted by molar-refractivity contribution is 0.378. The summed E-state index contributed by atoms with van der Waals surface area (Å²) in [5.74, 6) is 1.16. The topological polar surface area (TPSA) is 29.5 Å². The molecule has 0 saturated heterocycles. The second-order valence-electron chi connectivity index (χ2n) is 8.18. The van der Waals surface area contributed by atoms with Gasteiger partial charge < -0.3 is 9.84 Å². The van der Waals surface area contributed by atoms with Crippen molar-refractivity contribution in [3.05, 3.63) is 30.4 Å². The molecule has 0 spiro atoms. The van der Waals surface area contributed by atoms with E-state index in [9.17, 15) is 5.11 Å². The third-order valence-electron chi connectivity index (χ3n) is 4.67. The number of ether oxygens (including phenoxy) is 1. The van der Waals surface area contributed by atoms with Crippen LogP contribution in [0, 0.1) is 6.61 Å². The number of rotatable bonds is 13. The molecular weight excluding hydrogens is 308 g/mol. The minimum atomic E-state index is -0.0833. The van der Waals surface area contributed by atoms with Crippen molar-refractivity contribution in [2.24, 2.45) is 0 Å². The van der Waals surface area contributed by atoms with Crippen molar-refractivity contribution in [1.82, 2.24) is 0 Å². The number of phenolic OH excluding ortho intramolecular Hbond substituents is 1. The lowest BCUT2D eigenvalue weighted by atomic mass is 9.86. The van der Waals surface area contributed by atoms with Crippen LogP contribution in [-0.4, -0.2) is 5.11 Å². The van der Waals surface area contributed by atoms with Gasteiger partial charge >= 0.3 is 0 Å². The van der Waals surface area contributed by atoms with Gasteiger partial charge in [0.15, 0.2) is 0 Å². The van der Waals surface area contributed by atoms with Crippen molar-refractivity contribution in [2.45, 2.75) is 104 Å². The molecule has 0 fully saturated rings. The first kappa shape index (κ1) is 21.9. The summed E-state index contributed by atoms with van der Waals surface area (Å²) in [4.78, 5) is 0. The molecule has 0 atom stereocenters. The van der Waals surface area contributed by atoms with E-state index in [2.05, 4.69) is 27.7 Å². The van der Waals surface area contributed by atoms with Crippen LogP contribution < -0.4 is 4.74 Å². The van der Waals surface area contributed by atoms with E-state index in [0.29, 0.717) is 5.75 Å². The summed E-state index contributed by atoms with van der Waals surface area (Å²) < 4.78 is 5.74. The van der Waals surface area contributed by atoms with Gasteiger partial charge in [-0.25, -0.2) is 0 Å². The van der Waals surface area contributed by atoms with Crippen LogP contribution in [0.15, 0.2) is 18.2 Å². The number of aromatic hydroxyl groups is 1. The van der Waals surface area contributed by atoms with Crippen molar-refractivity contribution in [2.75, 3.05) is 0 Å². The largest absolute Gasteiger partial charge is 0.508 e. The molecule has 1 aromatic rings. The van der Waals surface area contributed by atoms with E-state index in [-0.39, 0.29) is 5.41 Å². The molecule has 0 saturated carbocycles. The second-order valence-corrected chi connectivity index (χ2v) is 8.18. The average molecular weight is 348 g/mol. The maximum absolute atomic E-state index is 9.98. The third kappa shape index (κ3) is 9.77. The van der Waals surface area contributed by atoms with E-state index in [1.165, 1.54) is 64.2 Å². The van der Waals surface area contributed by atoms with E-state index in [1.807, 2.05) is 18.7 Å². The Morgan fingerprint density at radius 3 is 2.00 bits per heavy atom. The first-order chi connectivity index (χ1) is 11.9. The van der Waals surface area contributed by atoms with E-state index >= 15 is 0 Å². The van der Waals surface area contributed by atoms with Crippen LogP contribution in [0.4, 0.5) is 0 Å². The molecule has 0 aromatic heterocycles. The van der Waals surface area contributed by atoms with Gasteiger partial charge in [0.05, 0.1) is 0 Å². The quantitative estimate of drug-likeness (QED) is 0.373. The molecule has 25 heavy (non-hydrogen) atoms. The van der Waals surface area contributed by atoms with Gasteiger partial charge in [0.2, 0.25) is 0 Å². The summed E-state index contributed by atoms with van der Waals surface area (Å²) in [6.45, 7) is 10.5. The van der Waals surface area contributed by atoms with Crippen LogP contribution in [0.3, 0.4) is 0 Å². The summed E-state index contributed by atoms with van der Waals surface area (Å²) in [6, 6.07) is 5.51. The average Bonchev–Trinajstić information content (AvgIpc) is 2.56. The van der Waals surface area contributed by atoms with Gasteiger partial charge in [-0.2, -0.15) is 0 Å². The first-order valence-electron chi connectivity index (χ1n) is 10.3. The highest BCUT2D eigenvalue weighted by molar-refractivity contribution is 5.43. The van der Waals surface area contributed by atoms with E-state index in [0.717, 1.165) is 17.7 Å². The van der Waals surface area contributed by atoms with Crippen molar-refractivity contribution in [3.63, 3.8) is 0 Å². The lowest BCUT2D eigenvalue weighted by Crippen LogP contribution is -2.11. The molecule has 0 amide bonds. The summed E-state index contributed by atoms with van der Waals surface area (Å²) in [5.41, 5.74) is 0.845. The van der Waals surface area contributed by atoms with Crippen molar-refractivity contribution >= 4 is 0 Å². The summed E-state index contributed by atoms with van der Waals surface area (Å²) >= 11 is 0. The molecule has 143 valence electrons. The Bertz CT molecular complexity index is 460. The Balaban J connectivity index is 2.07. The summed E-state index contributed by atoms with van der Waals surface area (Å²) in [5, 5.41) is 9.98. The molecule has 0 unspecified atom stereocenters. The fourth-order valence-corrected chi connectivity index (χ4v) is 3.06. The zero-order valence-corrected chi connectivity index (χ0v) is 16.9. The molecule has 1 N–H and O–H groups in total. The molecule has 0 aliphatic heterocycles. The smallest absolute Gasteiger partial charge is 0.135 e. The van der Waals surface area contributed by atoms with Crippen LogP contribution in [0.1, 0.15) is 104 Å². The lowest BCUT2D eigenvalue weighted by Gasteiger charge is -2.21. The monoisotopic (exact) mass is 347 g/mol. The van der Waals surface area contributed by atoms with Crippen LogP contribution in [0.25, 0.3) is 0 Å². The molecule has 2 heteroatoms. The van der Waals surface area contributed by atoms with Crippen molar-refractivity contribution < 1.29 is 9.84 Å². The number of unbranched alkanes of at least 4 members (excludes halogenated alkanes) is 10. The van der Waals surface area contributed by atoms with Gasteiger partial charge in [0.1, 0.15) is 18.1 Å². The fraction of sp³-hybridized carbons (Fsp3) is 0.696. The van der Waals surface area contributed by atoms with Crippen molar-refractivity contribution in [3.8, 4) is 11.5 Å². The highest BCUT2D eigenvalue weighted by Crippen LogP contribution is 2.33. The standard InChI is InChI=1S/C23H39O2/c1-5-6-7-8-9-10-11-12-13-14-15-18-25-20-16-17-22(24)21(19-20)23(2,3)4/h16-19,24H,5-15H2,1-4H3. The predicted molar refractivity (Wildman–Crippen MR) is 108 cm³/mol. The van der Waals surface area contributed by atoms with Gasteiger partial charge in [0.25, 0.3) is 0 Å². The molecule has 0 bridgehead atoms. The van der Waals surface area contributed by atoms with Gasteiger partial charge in [-0.15, -0.1) is 0 Å². The highest BCUT2D eigenvalue weighted by Gasteiger charge is 2.18. The zero-order chi connectivity index (χ0) is 18.5. The third-order valence-corrected chi connectivity index (χ3v) is 4.67. The maximum Gasteiger partial charge on any atom is 0.135 e. The maximum atomic E-state index is 9.98. The van der Waals surface area contributed by atoms with E-state index in [1.54, 1.807) is 6.07 Å². The Morgan fingerprint density at radius 2 is 1.44 bits per heavy atom. The molecule has 0 heterocycles. The Morgan fingerprint density at radius 1 is 0.880 bits per heavy atom. The predicted octanol–water partition coefficient (Wildman–Crippen LogP) is 7.54. The van der Waals surface area contributed by atoms with Crippen LogP contribution >= 0.6 is 0 Å². The number of phenols is 1.